The van der Waals surface area contributed by atoms with Crippen molar-refractivity contribution in [2.45, 2.75) is 13.0 Å². The molecular weight excluding hydrogens is 210 g/mol. The van der Waals surface area contributed by atoms with Gasteiger partial charge in [-0.1, -0.05) is 24.3 Å². The maximum absolute atomic E-state index is 4.17. The van der Waals surface area contributed by atoms with E-state index in [4.69, 9.17) is 0 Å². The highest BCUT2D eigenvalue weighted by atomic mass is 15.3. The Morgan fingerprint density at radius 1 is 1.00 bits per heavy atom. The fourth-order valence-electron chi connectivity index (χ4n) is 1.49. The van der Waals surface area contributed by atoms with Crippen molar-refractivity contribution < 1.29 is 4.57 Å². The number of anilines is 1. The summed E-state index contributed by atoms with van der Waals surface area (Å²) in [5, 5.41) is 4.17. The molecule has 0 atom stereocenters. The van der Waals surface area contributed by atoms with Gasteiger partial charge in [0.05, 0.1) is 5.69 Å². The lowest BCUT2D eigenvalue weighted by molar-refractivity contribution is -0.695. The van der Waals surface area contributed by atoms with Crippen LogP contribution in [-0.2, 0) is 6.54 Å². The zero-order valence-electron chi connectivity index (χ0n) is 9.66. The molecule has 1 aromatic heterocycles. The third-order valence-electron chi connectivity index (χ3n) is 2.35. The van der Waals surface area contributed by atoms with Crippen LogP contribution < -0.4 is 9.99 Å². The number of rotatable bonds is 5. The van der Waals surface area contributed by atoms with E-state index in [1.165, 1.54) is 0 Å². The molecule has 0 spiro atoms. The molecule has 0 fully saturated rings. The fraction of sp³-hybridized carbons (Fsp3) is 0.143. The molecule has 86 valence electrons. The molecule has 0 amide bonds. The van der Waals surface area contributed by atoms with E-state index in [-0.39, 0.29) is 0 Å². The number of aryl methyl sites for hydroxylation is 1. The summed E-state index contributed by atoms with van der Waals surface area (Å²) < 4.78 is 2.13. The van der Waals surface area contributed by atoms with Gasteiger partial charge in [0.25, 0.3) is 0 Å². The summed E-state index contributed by atoms with van der Waals surface area (Å²) in [7, 11) is 0. The van der Waals surface area contributed by atoms with Crippen molar-refractivity contribution >= 4 is 11.9 Å². The molecule has 0 bridgehead atoms. The Morgan fingerprint density at radius 3 is 2.47 bits per heavy atom. The van der Waals surface area contributed by atoms with Crippen LogP contribution in [-0.4, -0.2) is 6.21 Å². The second-order valence-corrected chi connectivity index (χ2v) is 3.69. The average molecular weight is 226 g/mol. The Kier molecular flexibility index (Phi) is 4.28. The van der Waals surface area contributed by atoms with Crippen LogP contribution in [0.4, 0.5) is 5.69 Å². The maximum Gasteiger partial charge on any atom is 0.168 e. The smallest absolute Gasteiger partial charge is 0.168 e. The Labute approximate surface area is 101 Å². The molecule has 1 N–H and O–H groups in total. The number of hydrazone groups is 1. The highest BCUT2D eigenvalue weighted by Crippen LogP contribution is 2.03. The zero-order valence-corrected chi connectivity index (χ0v) is 9.66. The lowest BCUT2D eigenvalue weighted by atomic mass is 10.3. The van der Waals surface area contributed by atoms with Crippen molar-refractivity contribution in [3.63, 3.8) is 0 Å². The van der Waals surface area contributed by atoms with Crippen LogP contribution >= 0.6 is 0 Å². The number of nitrogens with one attached hydrogen (secondary N) is 1. The molecule has 17 heavy (non-hydrogen) atoms. The highest BCUT2D eigenvalue weighted by molar-refractivity contribution is 5.59. The summed E-state index contributed by atoms with van der Waals surface area (Å²) in [6.07, 6.45) is 6.92. The van der Waals surface area contributed by atoms with E-state index < -0.39 is 0 Å². The van der Waals surface area contributed by atoms with E-state index in [1.54, 1.807) is 0 Å². The van der Waals surface area contributed by atoms with Crippen LogP contribution in [0.5, 0.6) is 0 Å². The summed E-state index contributed by atoms with van der Waals surface area (Å²) >= 11 is 0. The molecule has 2 rings (SSSR count). The van der Waals surface area contributed by atoms with Gasteiger partial charge in [0, 0.05) is 24.8 Å². The summed E-state index contributed by atoms with van der Waals surface area (Å²) in [5.41, 5.74) is 4.00. The predicted octanol–water partition coefficient (Wildman–Crippen LogP) is 2.46. The van der Waals surface area contributed by atoms with Gasteiger partial charge in [0.15, 0.2) is 18.9 Å². The Hall–Kier alpha value is -2.16. The highest BCUT2D eigenvalue weighted by Gasteiger charge is 1.94. The van der Waals surface area contributed by atoms with Gasteiger partial charge in [-0.05, 0) is 12.1 Å². The first kappa shape index (κ1) is 11.3. The van der Waals surface area contributed by atoms with Gasteiger partial charge in [0.2, 0.25) is 0 Å². The van der Waals surface area contributed by atoms with Gasteiger partial charge >= 0.3 is 0 Å². The first-order valence-electron chi connectivity index (χ1n) is 5.72. The number of pyridine rings is 1. The molecule has 2 aromatic rings. The minimum absolute atomic E-state index is 0.911. The van der Waals surface area contributed by atoms with Gasteiger partial charge in [-0.3, -0.25) is 5.43 Å². The van der Waals surface area contributed by atoms with Crippen LogP contribution in [0.3, 0.4) is 0 Å². The van der Waals surface area contributed by atoms with E-state index in [2.05, 4.69) is 27.5 Å². The molecule has 0 unspecified atom stereocenters. The molecule has 0 radical (unpaired) electrons. The van der Waals surface area contributed by atoms with Crippen molar-refractivity contribution in [2.24, 2.45) is 5.10 Å². The second-order valence-electron chi connectivity index (χ2n) is 3.69. The van der Waals surface area contributed by atoms with Crippen molar-refractivity contribution in [1.29, 1.82) is 0 Å². The lowest BCUT2D eigenvalue weighted by Gasteiger charge is -1.97. The van der Waals surface area contributed by atoms with Crippen LogP contribution in [0.15, 0.2) is 66.0 Å². The van der Waals surface area contributed by atoms with Gasteiger partial charge in [0.1, 0.15) is 0 Å². The summed E-state index contributed by atoms with van der Waals surface area (Å²) in [6, 6.07) is 16.0. The van der Waals surface area contributed by atoms with Gasteiger partial charge in [-0.2, -0.15) is 5.10 Å². The molecule has 1 heterocycles. The van der Waals surface area contributed by atoms with Crippen molar-refractivity contribution in [2.75, 3.05) is 5.43 Å². The van der Waals surface area contributed by atoms with E-state index >= 15 is 0 Å². The maximum atomic E-state index is 4.17. The number of hydrogen-bond acceptors (Lipinski definition) is 2. The van der Waals surface area contributed by atoms with E-state index in [0.29, 0.717) is 0 Å². The van der Waals surface area contributed by atoms with Gasteiger partial charge in [-0.15, -0.1) is 0 Å². The molecular formula is C14H16N3+. The monoisotopic (exact) mass is 226 g/mol. The summed E-state index contributed by atoms with van der Waals surface area (Å²) in [4.78, 5) is 0. The third-order valence-corrected chi connectivity index (χ3v) is 2.35. The molecule has 0 aliphatic carbocycles. The first-order chi connectivity index (χ1) is 8.45. The predicted molar refractivity (Wildman–Crippen MR) is 69.8 cm³/mol. The summed E-state index contributed by atoms with van der Waals surface area (Å²) in [5.74, 6) is 0. The van der Waals surface area contributed by atoms with Crippen LogP contribution in [0, 0.1) is 0 Å². The van der Waals surface area contributed by atoms with E-state index in [9.17, 15) is 0 Å². The standard InChI is InChI=1S/C14H16N3/c1-3-8-14(9-4-1)16-15-10-7-13-17-11-5-2-6-12-17/h1-6,8-12,16H,7,13H2/q+1. The normalized spacial score (nSPS) is 10.6. The Bertz CT molecular complexity index is 451. The molecule has 0 saturated heterocycles. The summed E-state index contributed by atoms with van der Waals surface area (Å²) in [6.45, 7) is 0.945. The lowest BCUT2D eigenvalue weighted by Crippen LogP contribution is -2.32. The Morgan fingerprint density at radius 2 is 1.71 bits per heavy atom. The quantitative estimate of drug-likeness (QED) is 0.473. The van der Waals surface area contributed by atoms with Gasteiger partial charge in [-0.25, -0.2) is 4.57 Å². The largest absolute Gasteiger partial charge is 0.279 e. The van der Waals surface area contributed by atoms with E-state index in [1.807, 2.05) is 54.7 Å². The number of aromatic nitrogens is 1. The molecule has 0 aliphatic rings. The molecule has 0 aliphatic heterocycles. The number of nitrogens with zero attached hydrogens (tertiary/aromatic N) is 2. The van der Waals surface area contributed by atoms with E-state index in [0.717, 1.165) is 18.7 Å². The first-order valence-corrected chi connectivity index (χ1v) is 5.72. The molecule has 3 heteroatoms. The number of benzene rings is 1. The van der Waals surface area contributed by atoms with Crippen molar-refractivity contribution in [3.8, 4) is 0 Å². The minimum Gasteiger partial charge on any atom is -0.279 e. The van der Waals surface area contributed by atoms with Gasteiger partial charge < -0.3 is 0 Å². The molecule has 1 aromatic carbocycles. The number of para-hydroxylation sites is 1. The fourth-order valence-corrected chi connectivity index (χ4v) is 1.49. The SMILES string of the molecule is C(CC[n+]1ccccc1)=NNc1ccccc1. The van der Waals surface area contributed by atoms with Crippen LogP contribution in [0.25, 0.3) is 0 Å². The van der Waals surface area contributed by atoms with Crippen LogP contribution in [0.1, 0.15) is 6.42 Å². The zero-order chi connectivity index (χ0) is 11.8. The molecule has 3 nitrogen and oxygen atoms in total. The molecule has 0 saturated carbocycles. The van der Waals surface area contributed by atoms with Crippen molar-refractivity contribution in [3.05, 3.63) is 60.9 Å². The third kappa shape index (κ3) is 4.07. The Balaban J connectivity index is 1.72. The average Bonchev–Trinajstić information content (AvgIpc) is 2.41. The second kappa shape index (κ2) is 6.43. The van der Waals surface area contributed by atoms with Crippen LogP contribution in [0.2, 0.25) is 0 Å². The minimum atomic E-state index is 0.911. The number of hydrogen-bond donors (Lipinski definition) is 1. The topological polar surface area (TPSA) is 28.3 Å². The van der Waals surface area contributed by atoms with Crippen molar-refractivity contribution in [1.82, 2.24) is 0 Å².